The van der Waals surface area contributed by atoms with E-state index in [0.717, 1.165) is 60.0 Å². The first-order valence-corrected chi connectivity index (χ1v) is 51.1. The van der Waals surface area contributed by atoms with Crippen molar-refractivity contribution in [3.63, 3.8) is 0 Å². The lowest BCUT2D eigenvalue weighted by atomic mass is 10.2. The van der Waals surface area contributed by atoms with Crippen molar-refractivity contribution in [2.45, 2.75) is 78.2 Å². The van der Waals surface area contributed by atoms with Gasteiger partial charge in [0.05, 0.1) is 36.6 Å². The number of hydrogen-bond donors (Lipinski definition) is 1. The quantitative estimate of drug-likeness (QED) is 0.183. The fourth-order valence-corrected chi connectivity index (χ4v) is 58.3. The molecule has 70 heavy (non-hydrogen) atoms. The number of rotatable bonds is 2. The zero-order chi connectivity index (χ0) is 51.2. The van der Waals surface area contributed by atoms with Crippen LogP contribution in [0.3, 0.4) is 0 Å². The standard InChI is InChI=1S/C13H16N2O.C11H15IN2O.C6H13NO.C5H3FIN.S23/c1-4-12-5-6-13(14-7-12)15-8-10(2)16-11(3)9-15;1-8-6-14(7-9(2)15-8)11-4-3-10(12)5-13-11;1-5-3-7-4-6(2)8-5;6-5-2-1-4(7)3-8-5;1-3-5-7-9-11-13-15-17-19-21-23-22-20-18-16-14-12-10-8-6-4-2/h1,5-7,10-11H,8-9H2,2-3H3;3-5,8-9H,6-7H2,1-2H3;5-7H,3-4H2,1-2H3;1-3H;/t10-,11+;8-,9+;5-,6+;;. The SMILES string of the molecule is C#Cc1ccc(N2C[C@@H](C)O[C@@H](C)C2)nc1.C[C@@H]1CN(c2ccc(I)cn2)C[C@H](C)O1.C[C@@H]1CNC[C@H](C)O1.Fc1ccc(I)cn1.S=S=S=S=S=S=S=S=S=S=S=S=S=S=S=S=S=S=S=S=S=S=S. The van der Waals surface area contributed by atoms with Crippen molar-refractivity contribution in [3.8, 4) is 12.3 Å². The van der Waals surface area contributed by atoms with Crippen molar-refractivity contribution < 1.29 is 18.6 Å². The molecule has 1 N–H and O–H groups in total. The van der Waals surface area contributed by atoms with Gasteiger partial charge in [0, 0.05) is 279 Å². The molecule has 3 aliphatic rings. The molecule has 6 heterocycles. The van der Waals surface area contributed by atoms with E-state index < -0.39 is 5.95 Å². The maximum absolute atomic E-state index is 12.0. The lowest BCUT2D eigenvalue weighted by Crippen LogP contribution is -2.45. The summed E-state index contributed by atoms with van der Waals surface area (Å²) in [4.78, 5) is 16.7. The summed E-state index contributed by atoms with van der Waals surface area (Å²) in [5.74, 6) is 4.17. The van der Waals surface area contributed by atoms with E-state index in [4.69, 9.17) is 43.0 Å². The summed E-state index contributed by atoms with van der Waals surface area (Å²) in [6.07, 6.45) is 12.3. The Morgan fingerprint density at radius 1 is 0.514 bits per heavy atom. The highest BCUT2D eigenvalue weighted by Crippen LogP contribution is 2.19. The molecular formula is C35H47FI2N6O3S23. The van der Waals surface area contributed by atoms with E-state index in [1.165, 1.54) is 33.6 Å². The fraction of sp³-hybridized carbons (Fsp3) is 0.514. The summed E-state index contributed by atoms with van der Waals surface area (Å²) < 4.78 is 30.9. The maximum atomic E-state index is 12.0. The van der Waals surface area contributed by atoms with Crippen LogP contribution in [0.5, 0.6) is 0 Å². The van der Waals surface area contributed by atoms with Gasteiger partial charge >= 0.3 is 0 Å². The van der Waals surface area contributed by atoms with Crippen LogP contribution in [0.25, 0.3) is 0 Å². The van der Waals surface area contributed by atoms with Crippen molar-refractivity contribution in [1.82, 2.24) is 20.3 Å². The van der Waals surface area contributed by atoms with Crippen LogP contribution in [-0.4, -0.2) is 90.8 Å². The van der Waals surface area contributed by atoms with Gasteiger partial charge < -0.3 is 29.3 Å². The number of nitrogens with zero attached hydrogens (tertiary/aromatic N) is 5. The predicted octanol–water partition coefficient (Wildman–Crippen LogP) is 6.13. The average molecular weight is 1610 g/mol. The number of morpholine rings is 3. The first-order chi connectivity index (χ1) is 33.8. The Balaban J connectivity index is 0.000000315. The molecule has 0 aromatic carbocycles. The Hall–Kier alpha value is 2.90. The van der Waals surface area contributed by atoms with Crippen molar-refractivity contribution in [2.24, 2.45) is 0 Å². The largest absolute Gasteiger partial charge is 0.373 e. The molecule has 3 saturated heterocycles. The summed E-state index contributed by atoms with van der Waals surface area (Å²) in [5.41, 5.74) is 0.818. The molecule has 3 aromatic rings. The van der Waals surface area contributed by atoms with Gasteiger partial charge in [-0.3, -0.25) is 0 Å². The second-order valence-corrected chi connectivity index (χ2v) is 53.0. The molecule has 3 aliphatic heterocycles. The average Bonchev–Trinajstić information content (AvgIpc) is 3.33. The monoisotopic (exact) mass is 1610 g/mol. The molecular weight excluding hydrogens is 1560 g/mol. The van der Waals surface area contributed by atoms with Crippen molar-refractivity contribution in [1.29, 1.82) is 0 Å². The predicted molar refractivity (Wildman–Crippen MR) is 373 cm³/mol. The first-order valence-electron chi connectivity index (χ1n) is 19.6. The van der Waals surface area contributed by atoms with Gasteiger partial charge in [0.1, 0.15) is 11.6 Å². The van der Waals surface area contributed by atoms with E-state index in [1.807, 2.05) is 45.0 Å². The van der Waals surface area contributed by atoms with E-state index in [-0.39, 0.29) is 24.4 Å². The molecule has 394 valence electrons. The minimum Gasteiger partial charge on any atom is -0.373 e. The van der Waals surface area contributed by atoms with E-state index in [0.29, 0.717) is 12.2 Å². The van der Waals surface area contributed by atoms with Crippen LogP contribution < -0.4 is 15.1 Å². The molecule has 3 aromatic heterocycles. The summed E-state index contributed by atoms with van der Waals surface area (Å²) in [6, 6.07) is 11.1. The van der Waals surface area contributed by atoms with Crippen LogP contribution in [0.15, 0.2) is 55.0 Å². The number of aromatic nitrogens is 3. The third kappa shape index (κ3) is 36.9. The molecule has 35 heteroatoms. The van der Waals surface area contributed by atoms with Gasteiger partial charge in [0.2, 0.25) is 5.95 Å². The third-order valence-electron chi connectivity index (χ3n) is 7.69. The maximum Gasteiger partial charge on any atom is 0.212 e. The molecule has 6 atom stereocenters. The van der Waals surface area contributed by atoms with E-state index in [2.05, 4.69) is 135 Å². The van der Waals surface area contributed by atoms with Crippen LogP contribution in [0.1, 0.15) is 47.1 Å². The van der Waals surface area contributed by atoms with E-state index >= 15 is 0 Å². The Morgan fingerprint density at radius 2 is 0.843 bits per heavy atom. The van der Waals surface area contributed by atoms with Gasteiger partial charge in [-0.25, -0.2) is 15.0 Å². The number of ether oxygens (including phenoxy) is 3. The molecule has 9 nitrogen and oxygen atoms in total. The molecule has 0 saturated carbocycles. The Morgan fingerprint density at radius 3 is 1.10 bits per heavy atom. The number of nitrogens with one attached hydrogen (secondary N) is 1. The number of hydrogen-bond acceptors (Lipinski definition) is 11. The van der Waals surface area contributed by atoms with Crippen LogP contribution in [0, 0.1) is 25.4 Å². The first kappa shape index (κ1) is 69.0. The van der Waals surface area contributed by atoms with E-state index in [1.54, 1.807) is 154 Å². The molecule has 6 rings (SSSR count). The van der Waals surface area contributed by atoms with Gasteiger partial charge in [-0.05, 0) is 123 Å². The molecule has 0 aliphatic carbocycles. The highest BCUT2D eigenvalue weighted by Gasteiger charge is 2.24. The zero-order valence-electron chi connectivity index (χ0n) is 37.5. The summed E-state index contributed by atoms with van der Waals surface area (Å²) in [6.45, 7) is 18.2. The molecule has 0 spiro atoms. The number of pyridine rings is 3. The summed E-state index contributed by atoms with van der Waals surface area (Å²) in [5, 5.41) is 3.26. The second kappa shape index (κ2) is 45.7. The lowest BCUT2D eigenvalue weighted by Gasteiger charge is -2.36. The summed E-state index contributed by atoms with van der Waals surface area (Å²) in [7, 11) is 36.3. The smallest absolute Gasteiger partial charge is 0.212 e. The summed E-state index contributed by atoms with van der Waals surface area (Å²) >= 11 is 13.9. The minimum absolute atomic E-state index is 0.248. The molecule has 0 unspecified atom stereocenters. The van der Waals surface area contributed by atoms with Crippen molar-refractivity contribution in [3.05, 3.63) is 73.6 Å². The van der Waals surface area contributed by atoms with Crippen LogP contribution in [0.4, 0.5) is 16.0 Å². The zero-order valence-corrected chi connectivity index (χ0v) is 60.6. The molecule has 0 bridgehead atoms. The topological polar surface area (TPSA) is 84.9 Å². The molecule has 0 radical (unpaired) electrons. The van der Waals surface area contributed by atoms with Crippen LogP contribution >= 0.6 is 45.2 Å². The number of halogens is 3. The highest BCUT2D eigenvalue weighted by atomic mass is 127. The van der Waals surface area contributed by atoms with Gasteiger partial charge in [-0.15, -0.1) is 6.42 Å². The molecule has 3 fully saturated rings. The Kier molecular flexibility index (Phi) is 45.1. The van der Waals surface area contributed by atoms with Crippen molar-refractivity contribution >= 4 is 266 Å². The van der Waals surface area contributed by atoms with Gasteiger partial charge in [0.15, 0.2) is 0 Å². The lowest BCUT2D eigenvalue weighted by molar-refractivity contribution is -0.0166. The Labute approximate surface area is 509 Å². The van der Waals surface area contributed by atoms with E-state index in [9.17, 15) is 4.39 Å². The third-order valence-corrected chi connectivity index (χ3v) is 53.4. The second-order valence-electron chi connectivity index (χ2n) is 13.4. The number of terminal acetylenes is 1. The number of anilines is 2. The minimum atomic E-state index is -0.426. The van der Waals surface area contributed by atoms with Crippen molar-refractivity contribution in [2.75, 3.05) is 49.1 Å². The van der Waals surface area contributed by atoms with Gasteiger partial charge in [0.25, 0.3) is 0 Å². The van der Waals surface area contributed by atoms with Gasteiger partial charge in [-0.2, -0.15) is 4.39 Å². The van der Waals surface area contributed by atoms with Gasteiger partial charge in [-0.1, -0.05) is 5.92 Å². The molecule has 0 amide bonds. The normalized spacial score (nSPS) is 19.5. The Bertz CT molecular complexity index is 2960. The fourth-order valence-electron chi connectivity index (χ4n) is 5.50. The highest BCUT2D eigenvalue weighted by molar-refractivity contribution is 14.1. The van der Waals surface area contributed by atoms with Crippen LogP contribution in [-0.2, 0) is 223 Å². The van der Waals surface area contributed by atoms with Crippen LogP contribution in [0.2, 0.25) is 0 Å².